The molecule has 0 unspecified atom stereocenters. The minimum absolute atomic E-state index is 0.175. The van der Waals surface area contributed by atoms with E-state index in [4.69, 9.17) is 11.5 Å². The van der Waals surface area contributed by atoms with Gasteiger partial charge in [0.2, 0.25) is 0 Å². The van der Waals surface area contributed by atoms with Crippen molar-refractivity contribution < 1.29 is 10.2 Å². The topological polar surface area (TPSA) is 92.5 Å². The lowest BCUT2D eigenvalue weighted by Gasteiger charge is -2.43. The van der Waals surface area contributed by atoms with Crippen molar-refractivity contribution in [2.45, 2.75) is 91.6 Å². The van der Waals surface area contributed by atoms with Gasteiger partial charge in [-0.25, -0.2) is 0 Å². The average molecular weight is 427 g/mol. The summed E-state index contributed by atoms with van der Waals surface area (Å²) in [6, 6.07) is 7.94. The first-order valence-corrected chi connectivity index (χ1v) is 11.2. The minimum atomic E-state index is -0.388. The smallest absolute Gasteiger partial charge is 0.120 e. The van der Waals surface area contributed by atoms with Gasteiger partial charge in [-0.2, -0.15) is 0 Å². The van der Waals surface area contributed by atoms with Crippen LogP contribution in [0.1, 0.15) is 95.7 Å². The van der Waals surface area contributed by atoms with Crippen LogP contribution in [0.2, 0.25) is 0 Å². The standard InChI is InChI=1S/C27H42N2O2/c1-16(2)27(9,21-10-17(14-28)23(30)12-19(21)25(3,4)5)22-11-18(15-29)24(31)13-20(22)26(6,7)8/h10-13,16,30-31H,14-15,28-29H2,1-9H3. The normalized spacial score (nSPS) is 13.2. The minimum Gasteiger partial charge on any atom is -0.508 e. The van der Waals surface area contributed by atoms with Crippen molar-refractivity contribution in [3.8, 4) is 11.5 Å². The fraction of sp³-hybridized carbons (Fsp3) is 0.556. The third kappa shape index (κ3) is 4.61. The van der Waals surface area contributed by atoms with Crippen molar-refractivity contribution in [1.29, 1.82) is 0 Å². The van der Waals surface area contributed by atoms with E-state index in [1.807, 2.05) is 12.1 Å². The van der Waals surface area contributed by atoms with Crippen LogP contribution in [0.4, 0.5) is 0 Å². The number of hydrogen-bond donors (Lipinski definition) is 4. The highest BCUT2D eigenvalue weighted by Crippen LogP contribution is 2.49. The third-order valence-corrected chi connectivity index (χ3v) is 6.77. The zero-order chi connectivity index (χ0) is 23.9. The number of aromatic hydroxyl groups is 2. The number of benzene rings is 2. The molecule has 0 radical (unpaired) electrons. The van der Waals surface area contributed by atoms with Crippen molar-refractivity contribution in [2.24, 2.45) is 17.4 Å². The molecular formula is C27H42N2O2. The molecule has 0 saturated carbocycles. The summed E-state index contributed by atoms with van der Waals surface area (Å²) >= 11 is 0. The Morgan fingerprint density at radius 1 is 0.645 bits per heavy atom. The molecule has 4 nitrogen and oxygen atoms in total. The molecule has 0 heterocycles. The Hall–Kier alpha value is -2.04. The number of nitrogens with two attached hydrogens (primary N) is 2. The van der Waals surface area contributed by atoms with Crippen LogP contribution in [0.15, 0.2) is 24.3 Å². The van der Waals surface area contributed by atoms with Gasteiger partial charge in [0, 0.05) is 29.6 Å². The Morgan fingerprint density at radius 2 is 0.968 bits per heavy atom. The van der Waals surface area contributed by atoms with Crippen molar-refractivity contribution >= 4 is 0 Å². The monoisotopic (exact) mass is 426 g/mol. The lowest BCUT2D eigenvalue weighted by Crippen LogP contribution is -2.36. The van der Waals surface area contributed by atoms with Crippen LogP contribution >= 0.6 is 0 Å². The molecule has 31 heavy (non-hydrogen) atoms. The predicted molar refractivity (Wildman–Crippen MR) is 131 cm³/mol. The van der Waals surface area contributed by atoms with Crippen molar-refractivity contribution in [3.05, 3.63) is 57.6 Å². The maximum Gasteiger partial charge on any atom is 0.120 e. The molecule has 0 aliphatic carbocycles. The summed E-state index contributed by atoms with van der Waals surface area (Å²) in [5.41, 5.74) is 17.2. The van der Waals surface area contributed by atoms with E-state index in [1.54, 1.807) is 0 Å². The molecule has 0 aromatic heterocycles. The molecule has 6 N–H and O–H groups in total. The molecule has 2 rings (SSSR count). The van der Waals surface area contributed by atoms with Crippen LogP contribution in [0.25, 0.3) is 0 Å². The number of rotatable bonds is 5. The highest BCUT2D eigenvalue weighted by Gasteiger charge is 2.40. The Morgan fingerprint density at radius 3 is 1.19 bits per heavy atom. The second-order valence-corrected chi connectivity index (χ2v) is 11.3. The fourth-order valence-electron chi connectivity index (χ4n) is 4.46. The Kier molecular flexibility index (Phi) is 6.90. The van der Waals surface area contributed by atoms with E-state index >= 15 is 0 Å². The average Bonchev–Trinajstić information content (AvgIpc) is 2.65. The van der Waals surface area contributed by atoms with Crippen LogP contribution in [0, 0.1) is 5.92 Å². The van der Waals surface area contributed by atoms with E-state index in [1.165, 1.54) is 0 Å². The molecule has 0 amide bonds. The molecule has 0 aliphatic rings. The first-order valence-electron chi connectivity index (χ1n) is 11.2. The molecule has 0 bridgehead atoms. The van der Waals surface area contributed by atoms with Gasteiger partial charge >= 0.3 is 0 Å². The van der Waals surface area contributed by atoms with E-state index in [9.17, 15) is 10.2 Å². The van der Waals surface area contributed by atoms with Gasteiger partial charge in [-0.15, -0.1) is 0 Å². The zero-order valence-electron chi connectivity index (χ0n) is 20.9. The van der Waals surface area contributed by atoms with Crippen LogP contribution < -0.4 is 11.5 Å². The predicted octanol–water partition coefficient (Wildman–Crippen LogP) is 5.57. The highest BCUT2D eigenvalue weighted by atomic mass is 16.3. The summed E-state index contributed by atoms with van der Waals surface area (Å²) in [5, 5.41) is 21.3. The van der Waals surface area contributed by atoms with Crippen molar-refractivity contribution in [1.82, 2.24) is 0 Å². The molecule has 2 aromatic carbocycles. The Labute approximate surface area is 188 Å². The van der Waals surface area contributed by atoms with Crippen molar-refractivity contribution in [2.75, 3.05) is 0 Å². The zero-order valence-corrected chi connectivity index (χ0v) is 20.9. The van der Waals surface area contributed by atoms with E-state index in [-0.39, 0.29) is 46.8 Å². The molecule has 0 fully saturated rings. The van der Waals surface area contributed by atoms with Gasteiger partial charge in [-0.05, 0) is 63.3 Å². The second-order valence-electron chi connectivity index (χ2n) is 11.3. The molecule has 4 heteroatoms. The summed E-state index contributed by atoms with van der Waals surface area (Å²) in [6.07, 6.45) is 0. The summed E-state index contributed by atoms with van der Waals surface area (Å²) in [7, 11) is 0. The first-order chi connectivity index (χ1) is 14.1. The summed E-state index contributed by atoms with van der Waals surface area (Å²) < 4.78 is 0. The number of phenols is 2. The first kappa shape index (κ1) is 25.2. The lowest BCUT2D eigenvalue weighted by molar-refractivity contribution is 0.380. The fourth-order valence-corrected chi connectivity index (χ4v) is 4.46. The van der Waals surface area contributed by atoms with Crippen LogP contribution in [0.5, 0.6) is 11.5 Å². The highest BCUT2D eigenvalue weighted by molar-refractivity contribution is 5.57. The molecular weight excluding hydrogens is 384 g/mol. The van der Waals surface area contributed by atoms with Crippen LogP contribution in [-0.4, -0.2) is 10.2 Å². The number of phenolic OH excluding ortho intramolecular Hbond substituents is 2. The summed E-state index contributed by atoms with van der Waals surface area (Å²) in [4.78, 5) is 0. The van der Waals surface area contributed by atoms with Crippen molar-refractivity contribution in [3.63, 3.8) is 0 Å². The summed E-state index contributed by atoms with van der Waals surface area (Å²) in [6.45, 7) is 20.3. The van der Waals surface area contributed by atoms with E-state index in [2.05, 4.69) is 74.4 Å². The molecule has 0 atom stereocenters. The molecule has 0 spiro atoms. The maximum atomic E-state index is 10.6. The van der Waals surface area contributed by atoms with Gasteiger partial charge in [0.1, 0.15) is 11.5 Å². The Balaban J connectivity index is 3.07. The number of hydrogen-bond acceptors (Lipinski definition) is 4. The molecule has 0 saturated heterocycles. The van der Waals surface area contributed by atoms with Gasteiger partial charge < -0.3 is 21.7 Å². The van der Waals surface area contributed by atoms with E-state index < -0.39 is 0 Å². The van der Waals surface area contributed by atoms with Gasteiger partial charge in [0.05, 0.1) is 0 Å². The quantitative estimate of drug-likeness (QED) is 0.503. The third-order valence-electron chi connectivity index (χ3n) is 6.77. The van der Waals surface area contributed by atoms with Crippen LogP contribution in [0.3, 0.4) is 0 Å². The summed E-state index contributed by atoms with van der Waals surface area (Å²) in [5.74, 6) is 0.721. The molecule has 2 aromatic rings. The molecule has 172 valence electrons. The van der Waals surface area contributed by atoms with Crippen LogP contribution in [-0.2, 0) is 29.3 Å². The lowest BCUT2D eigenvalue weighted by atomic mass is 9.61. The SMILES string of the molecule is CC(C)C(C)(c1cc(CN)c(O)cc1C(C)(C)C)c1cc(CN)c(O)cc1C(C)(C)C. The maximum absolute atomic E-state index is 10.6. The van der Waals surface area contributed by atoms with Gasteiger partial charge in [-0.3, -0.25) is 0 Å². The van der Waals surface area contributed by atoms with Gasteiger partial charge in [0.25, 0.3) is 0 Å². The van der Waals surface area contributed by atoms with Gasteiger partial charge in [0.15, 0.2) is 0 Å². The van der Waals surface area contributed by atoms with E-state index in [0.29, 0.717) is 0 Å². The van der Waals surface area contributed by atoms with E-state index in [0.717, 1.165) is 33.4 Å². The molecule has 0 aliphatic heterocycles. The second kappa shape index (κ2) is 8.48. The Bertz CT molecular complexity index is 876. The van der Waals surface area contributed by atoms with Gasteiger partial charge in [-0.1, -0.05) is 62.3 Å². The largest absolute Gasteiger partial charge is 0.508 e.